The summed E-state index contributed by atoms with van der Waals surface area (Å²) in [5.74, 6) is -1.50. The maximum Gasteiger partial charge on any atom is 0.451 e. The second-order valence-corrected chi connectivity index (χ2v) is 8.49. The molecule has 4 rings (SSSR count). The molecule has 2 aromatic carbocycles. The number of alkyl halides is 3. The number of nitrogens with one attached hydrogen (secondary N) is 1. The van der Waals surface area contributed by atoms with Crippen LogP contribution in [0.25, 0.3) is 11.3 Å². The SMILES string of the molecule is N#Cc1ccc(CCNC(=O)C2CCCN2c2cc(-c3ccc(CO)cc3)nc(C(F)(F)F)n2)cc1. The lowest BCUT2D eigenvalue weighted by molar-refractivity contribution is -0.144. The highest BCUT2D eigenvalue weighted by Gasteiger charge is 2.38. The number of benzene rings is 2. The van der Waals surface area contributed by atoms with Gasteiger partial charge in [-0.1, -0.05) is 36.4 Å². The molecule has 1 aliphatic rings. The quantitative estimate of drug-likeness (QED) is 0.516. The Morgan fingerprint density at radius 1 is 1.11 bits per heavy atom. The van der Waals surface area contributed by atoms with Gasteiger partial charge in [0.15, 0.2) is 0 Å². The van der Waals surface area contributed by atoms with E-state index in [9.17, 15) is 23.1 Å². The van der Waals surface area contributed by atoms with E-state index in [-0.39, 0.29) is 24.0 Å². The minimum atomic E-state index is -4.76. The van der Waals surface area contributed by atoms with E-state index in [0.29, 0.717) is 49.0 Å². The van der Waals surface area contributed by atoms with Crippen LogP contribution in [0.2, 0.25) is 0 Å². The number of aliphatic hydroxyl groups excluding tert-OH is 1. The smallest absolute Gasteiger partial charge is 0.392 e. The van der Waals surface area contributed by atoms with Crippen molar-refractivity contribution in [1.82, 2.24) is 15.3 Å². The van der Waals surface area contributed by atoms with Crippen molar-refractivity contribution in [2.45, 2.75) is 38.1 Å². The molecule has 0 aliphatic carbocycles. The molecule has 1 saturated heterocycles. The molecule has 1 amide bonds. The van der Waals surface area contributed by atoms with Crippen LogP contribution in [0.5, 0.6) is 0 Å². The first-order chi connectivity index (χ1) is 17.3. The first-order valence-corrected chi connectivity index (χ1v) is 11.5. The molecule has 36 heavy (non-hydrogen) atoms. The molecule has 2 heterocycles. The molecule has 0 bridgehead atoms. The van der Waals surface area contributed by atoms with E-state index in [1.54, 1.807) is 41.3 Å². The summed E-state index contributed by atoms with van der Waals surface area (Å²) in [6.45, 7) is 0.568. The van der Waals surface area contributed by atoms with E-state index in [0.717, 1.165) is 5.56 Å². The maximum atomic E-state index is 13.6. The van der Waals surface area contributed by atoms with Gasteiger partial charge in [0, 0.05) is 24.7 Å². The number of carbonyl (C=O) groups excluding carboxylic acids is 1. The van der Waals surface area contributed by atoms with Gasteiger partial charge < -0.3 is 15.3 Å². The lowest BCUT2D eigenvalue weighted by Crippen LogP contribution is -2.44. The predicted molar refractivity (Wildman–Crippen MR) is 127 cm³/mol. The lowest BCUT2D eigenvalue weighted by Gasteiger charge is -2.26. The molecule has 1 atom stereocenters. The fourth-order valence-electron chi connectivity index (χ4n) is 4.14. The molecule has 0 saturated carbocycles. The van der Waals surface area contributed by atoms with Gasteiger partial charge >= 0.3 is 6.18 Å². The lowest BCUT2D eigenvalue weighted by atomic mass is 10.1. The molecule has 1 aromatic heterocycles. The van der Waals surface area contributed by atoms with Gasteiger partial charge in [-0.15, -0.1) is 0 Å². The second-order valence-electron chi connectivity index (χ2n) is 8.49. The Kier molecular flexibility index (Phi) is 7.50. The molecule has 2 N–H and O–H groups in total. The second kappa shape index (κ2) is 10.7. The molecule has 186 valence electrons. The van der Waals surface area contributed by atoms with Crippen molar-refractivity contribution < 1.29 is 23.1 Å². The number of hydrogen-bond acceptors (Lipinski definition) is 6. The third kappa shape index (κ3) is 5.80. The van der Waals surface area contributed by atoms with E-state index in [1.807, 2.05) is 12.1 Å². The van der Waals surface area contributed by atoms with Gasteiger partial charge in [0.05, 0.1) is 23.9 Å². The van der Waals surface area contributed by atoms with Crippen LogP contribution in [0.1, 0.15) is 35.4 Å². The first-order valence-electron chi connectivity index (χ1n) is 11.5. The van der Waals surface area contributed by atoms with Crippen molar-refractivity contribution in [3.05, 3.63) is 77.1 Å². The van der Waals surface area contributed by atoms with Gasteiger partial charge in [-0.2, -0.15) is 18.4 Å². The van der Waals surface area contributed by atoms with E-state index in [4.69, 9.17) is 5.26 Å². The largest absolute Gasteiger partial charge is 0.451 e. The topological polar surface area (TPSA) is 102 Å². The highest BCUT2D eigenvalue weighted by atomic mass is 19.4. The first kappa shape index (κ1) is 25.1. The van der Waals surface area contributed by atoms with Gasteiger partial charge in [0.1, 0.15) is 11.9 Å². The van der Waals surface area contributed by atoms with Gasteiger partial charge in [0.2, 0.25) is 11.7 Å². The summed E-state index contributed by atoms with van der Waals surface area (Å²) in [4.78, 5) is 22.0. The fourth-order valence-corrected chi connectivity index (χ4v) is 4.14. The average Bonchev–Trinajstić information content (AvgIpc) is 3.39. The average molecular weight is 496 g/mol. The van der Waals surface area contributed by atoms with Gasteiger partial charge in [0.25, 0.3) is 0 Å². The zero-order chi connectivity index (χ0) is 25.7. The zero-order valence-electron chi connectivity index (χ0n) is 19.3. The number of hydrogen-bond donors (Lipinski definition) is 2. The summed E-state index contributed by atoms with van der Waals surface area (Å²) in [6.07, 6.45) is -3.06. The van der Waals surface area contributed by atoms with Crippen LogP contribution in [0, 0.1) is 11.3 Å². The Labute approximate surface area is 206 Å². The Balaban J connectivity index is 1.52. The number of carbonyl (C=O) groups is 1. The number of rotatable bonds is 7. The van der Waals surface area contributed by atoms with Crippen molar-refractivity contribution in [3.63, 3.8) is 0 Å². The Bertz CT molecular complexity index is 1250. The molecule has 1 unspecified atom stereocenters. The van der Waals surface area contributed by atoms with Crippen LogP contribution < -0.4 is 10.2 Å². The van der Waals surface area contributed by atoms with E-state index >= 15 is 0 Å². The summed E-state index contributed by atoms with van der Waals surface area (Å²) in [7, 11) is 0. The summed E-state index contributed by atoms with van der Waals surface area (Å²) in [6, 6.07) is 16.3. The molecule has 7 nitrogen and oxygen atoms in total. The van der Waals surface area contributed by atoms with E-state index in [1.165, 1.54) is 6.07 Å². The molecule has 1 aliphatic heterocycles. The van der Waals surface area contributed by atoms with Gasteiger partial charge in [-0.25, -0.2) is 9.97 Å². The number of amides is 1. The Morgan fingerprint density at radius 2 is 1.81 bits per heavy atom. The highest BCUT2D eigenvalue weighted by Crippen LogP contribution is 2.33. The molecular weight excluding hydrogens is 471 g/mol. The van der Waals surface area contributed by atoms with Crippen molar-refractivity contribution in [1.29, 1.82) is 5.26 Å². The highest BCUT2D eigenvalue weighted by molar-refractivity contribution is 5.85. The molecule has 0 spiro atoms. The van der Waals surface area contributed by atoms with Crippen LogP contribution in [0.4, 0.5) is 19.0 Å². The number of nitriles is 1. The zero-order valence-corrected chi connectivity index (χ0v) is 19.3. The van der Waals surface area contributed by atoms with E-state index in [2.05, 4.69) is 21.4 Å². The van der Waals surface area contributed by atoms with Crippen LogP contribution in [0.3, 0.4) is 0 Å². The van der Waals surface area contributed by atoms with Crippen LogP contribution in [0.15, 0.2) is 54.6 Å². The normalized spacial score (nSPS) is 15.5. The minimum Gasteiger partial charge on any atom is -0.392 e. The fraction of sp³-hybridized carbons (Fsp3) is 0.308. The Morgan fingerprint density at radius 3 is 2.44 bits per heavy atom. The van der Waals surface area contributed by atoms with Crippen molar-refractivity contribution in [2.75, 3.05) is 18.0 Å². The number of aromatic nitrogens is 2. The summed E-state index contributed by atoms with van der Waals surface area (Å²) in [5, 5.41) is 21.0. The summed E-state index contributed by atoms with van der Waals surface area (Å²) >= 11 is 0. The maximum absolute atomic E-state index is 13.6. The standard InChI is InChI=1S/C26H24F3N5O2/c27-26(28,29)25-32-21(20-9-7-19(16-35)8-10-20)14-23(33-25)34-13-1-2-22(34)24(36)31-12-11-17-3-5-18(15-30)6-4-17/h3-10,14,22,35H,1-2,11-13,16H2,(H,31,36). The Hall–Kier alpha value is -3.97. The van der Waals surface area contributed by atoms with Gasteiger partial charge in [-0.05, 0) is 42.5 Å². The number of anilines is 1. The molecule has 1 fully saturated rings. The van der Waals surface area contributed by atoms with Crippen LogP contribution in [-0.4, -0.2) is 40.1 Å². The van der Waals surface area contributed by atoms with Crippen molar-refractivity contribution in [2.24, 2.45) is 0 Å². The van der Waals surface area contributed by atoms with Crippen molar-refractivity contribution >= 4 is 11.7 Å². The number of aliphatic hydroxyl groups is 1. The molecule has 3 aromatic rings. The molecule has 10 heteroatoms. The third-order valence-electron chi connectivity index (χ3n) is 6.04. The van der Waals surface area contributed by atoms with E-state index < -0.39 is 18.0 Å². The predicted octanol–water partition coefficient (Wildman–Crippen LogP) is 3.85. The van der Waals surface area contributed by atoms with Crippen LogP contribution in [-0.2, 0) is 24.0 Å². The summed E-state index contributed by atoms with van der Waals surface area (Å²) in [5.41, 5.74) is 2.67. The van der Waals surface area contributed by atoms with Crippen molar-refractivity contribution in [3.8, 4) is 17.3 Å². The summed E-state index contributed by atoms with van der Waals surface area (Å²) < 4.78 is 40.9. The number of nitrogens with zero attached hydrogens (tertiary/aromatic N) is 4. The molecule has 0 radical (unpaired) electrons. The monoisotopic (exact) mass is 495 g/mol. The third-order valence-corrected chi connectivity index (χ3v) is 6.04. The minimum absolute atomic E-state index is 0.0447. The van der Waals surface area contributed by atoms with Crippen LogP contribution >= 0.6 is 0 Å². The number of halogens is 3. The van der Waals surface area contributed by atoms with Gasteiger partial charge in [-0.3, -0.25) is 4.79 Å². The molecular formula is C26H24F3N5O2.